The van der Waals surface area contributed by atoms with Crippen molar-refractivity contribution in [3.8, 4) is 5.75 Å². The van der Waals surface area contributed by atoms with Crippen LogP contribution < -0.4 is 15.4 Å². The molecule has 0 aromatic heterocycles. The van der Waals surface area contributed by atoms with Gasteiger partial charge in [0, 0.05) is 10.1 Å². The molecule has 2 heterocycles. The maximum Gasteiger partial charge on any atom is 0.167 e. The van der Waals surface area contributed by atoms with Crippen LogP contribution in [0.2, 0.25) is 0 Å². The first kappa shape index (κ1) is 7.15. The average molecular weight is 190 g/mol. The number of oxime groups is 1. The van der Waals surface area contributed by atoms with Gasteiger partial charge in [-0.25, -0.2) is 0 Å². The van der Waals surface area contributed by atoms with Crippen LogP contribution in [0.3, 0.4) is 0 Å². The van der Waals surface area contributed by atoms with Gasteiger partial charge in [0.2, 0.25) is 0 Å². The zero-order chi connectivity index (χ0) is 8.67. The molecule has 1 aromatic rings. The summed E-state index contributed by atoms with van der Waals surface area (Å²) in [5.74, 6) is 1.61. The Morgan fingerprint density at radius 2 is 2.38 bits per heavy atom. The number of hydrogen-bond donors (Lipinski definition) is 0. The van der Waals surface area contributed by atoms with Crippen LogP contribution in [0, 0.1) is 0 Å². The Morgan fingerprint density at radius 3 is 3.38 bits per heavy atom. The number of thioether (sulfide) groups is 1. The molecule has 0 bridgehead atoms. The molecule has 0 unspecified atom stereocenters. The van der Waals surface area contributed by atoms with E-state index < -0.39 is 0 Å². The molecule has 0 N–H and O–H groups in total. The first-order valence-corrected chi connectivity index (χ1v) is 4.95. The second-order valence-electron chi connectivity index (χ2n) is 2.77. The molecule has 64 valence electrons. The van der Waals surface area contributed by atoms with Crippen LogP contribution in [0.5, 0.6) is 5.75 Å². The van der Waals surface area contributed by atoms with Crippen LogP contribution in [0.25, 0.3) is 6.08 Å². The van der Waals surface area contributed by atoms with Crippen molar-refractivity contribution >= 4 is 24.1 Å². The summed E-state index contributed by atoms with van der Waals surface area (Å²) in [4.78, 5) is 10.8. The van der Waals surface area contributed by atoms with Crippen molar-refractivity contribution in [2.75, 3.05) is 5.88 Å². The van der Waals surface area contributed by atoms with Gasteiger partial charge in [-0.05, 0) is 18.2 Å². The summed E-state index contributed by atoms with van der Waals surface area (Å²) in [6.07, 6.45) is 3.59. The third-order valence-electron chi connectivity index (χ3n) is 2.04. The molecule has 0 amide bonds. The zero-order valence-corrected chi connectivity index (χ0v) is 7.54. The molecule has 0 aliphatic carbocycles. The van der Waals surface area contributed by atoms with Crippen molar-refractivity contribution in [1.82, 2.24) is 0 Å². The van der Waals surface area contributed by atoms with E-state index in [0.717, 1.165) is 22.2 Å². The number of nitrogens with zero attached hydrogens (tertiary/aromatic N) is 2. The lowest BCUT2D eigenvalue weighted by atomic mass is 10.2. The highest BCUT2D eigenvalue weighted by molar-refractivity contribution is 7.99. The van der Waals surface area contributed by atoms with E-state index in [-0.39, 0.29) is 0 Å². The topological polar surface area (TPSA) is 34.0 Å². The second kappa shape index (κ2) is 2.60. The minimum absolute atomic E-state index is 0.799. The first-order valence-electron chi connectivity index (χ1n) is 3.96. The SMILES string of the molecule is C1=NOc2ccc3c(c2=C1)=NCS3. The van der Waals surface area contributed by atoms with Crippen molar-refractivity contribution in [2.45, 2.75) is 4.90 Å². The van der Waals surface area contributed by atoms with Gasteiger partial charge in [-0.15, -0.1) is 11.8 Å². The van der Waals surface area contributed by atoms with Crippen molar-refractivity contribution < 1.29 is 4.84 Å². The molecule has 3 rings (SSSR count). The van der Waals surface area contributed by atoms with E-state index in [2.05, 4.69) is 10.1 Å². The predicted octanol–water partition coefficient (Wildman–Crippen LogP) is 0.528. The highest BCUT2D eigenvalue weighted by Gasteiger charge is 2.10. The molecular formula is C9H6N2OS. The van der Waals surface area contributed by atoms with Gasteiger partial charge in [0.1, 0.15) is 0 Å². The molecule has 0 radical (unpaired) electrons. The Kier molecular flexibility index (Phi) is 1.43. The number of hydrogen-bond acceptors (Lipinski definition) is 4. The van der Waals surface area contributed by atoms with Crippen LogP contribution in [0.15, 0.2) is 27.2 Å². The molecule has 0 saturated carbocycles. The lowest BCUT2D eigenvalue weighted by molar-refractivity contribution is 0.338. The monoisotopic (exact) mass is 190 g/mol. The molecule has 0 saturated heterocycles. The quantitative estimate of drug-likeness (QED) is 0.598. The molecule has 13 heavy (non-hydrogen) atoms. The van der Waals surface area contributed by atoms with Gasteiger partial charge >= 0.3 is 0 Å². The third-order valence-corrected chi connectivity index (χ3v) is 2.93. The third kappa shape index (κ3) is 0.986. The van der Waals surface area contributed by atoms with Gasteiger partial charge < -0.3 is 4.84 Å². The number of rotatable bonds is 0. The summed E-state index contributed by atoms with van der Waals surface area (Å²) in [6.45, 7) is 0. The Labute approximate surface area is 78.8 Å². The molecule has 0 atom stereocenters. The van der Waals surface area contributed by atoms with Crippen LogP contribution >= 0.6 is 11.8 Å². The Balaban J connectivity index is 2.48. The van der Waals surface area contributed by atoms with Crippen molar-refractivity contribution in [2.24, 2.45) is 10.1 Å². The minimum atomic E-state index is 0.799. The van der Waals surface area contributed by atoms with E-state index in [9.17, 15) is 0 Å². The largest absolute Gasteiger partial charge is 0.356 e. The summed E-state index contributed by atoms with van der Waals surface area (Å²) in [6, 6.07) is 3.97. The van der Waals surface area contributed by atoms with Crippen LogP contribution in [0.1, 0.15) is 0 Å². The van der Waals surface area contributed by atoms with Crippen molar-refractivity contribution in [1.29, 1.82) is 0 Å². The minimum Gasteiger partial charge on any atom is -0.356 e. The van der Waals surface area contributed by atoms with E-state index in [0.29, 0.717) is 0 Å². The van der Waals surface area contributed by atoms with E-state index in [1.165, 1.54) is 4.90 Å². The summed E-state index contributed by atoms with van der Waals surface area (Å²) >= 11 is 1.75. The molecule has 0 spiro atoms. The second-order valence-corrected chi connectivity index (χ2v) is 3.75. The Hall–Kier alpha value is -1.29. The molecule has 2 aliphatic heterocycles. The molecule has 3 nitrogen and oxygen atoms in total. The van der Waals surface area contributed by atoms with E-state index in [4.69, 9.17) is 4.84 Å². The standard InChI is InChI=1S/C9H6N2OS/c1-2-8-9(10-5-13-8)6-3-4-11-12-7(1)6/h1-4H,5H2. The first-order chi connectivity index (χ1) is 6.45. The molecule has 2 aliphatic rings. The lowest BCUT2D eigenvalue weighted by Gasteiger charge is -2.03. The summed E-state index contributed by atoms with van der Waals surface area (Å²) in [5.41, 5.74) is 0. The van der Waals surface area contributed by atoms with Gasteiger partial charge in [0.15, 0.2) is 5.75 Å². The number of benzene rings is 1. The maximum atomic E-state index is 5.12. The maximum absolute atomic E-state index is 5.12. The fourth-order valence-electron chi connectivity index (χ4n) is 1.45. The van der Waals surface area contributed by atoms with Crippen molar-refractivity contribution in [3.05, 3.63) is 22.7 Å². The highest BCUT2D eigenvalue weighted by Crippen LogP contribution is 2.18. The van der Waals surface area contributed by atoms with Crippen molar-refractivity contribution in [3.63, 3.8) is 0 Å². The smallest absolute Gasteiger partial charge is 0.167 e. The van der Waals surface area contributed by atoms with Gasteiger partial charge in [-0.3, -0.25) is 4.99 Å². The fourth-order valence-corrected chi connectivity index (χ4v) is 2.26. The molecular weight excluding hydrogens is 184 g/mol. The van der Waals surface area contributed by atoms with Crippen LogP contribution in [-0.2, 0) is 0 Å². The summed E-state index contributed by atoms with van der Waals surface area (Å²) < 4.78 is 0. The van der Waals surface area contributed by atoms with Crippen LogP contribution in [-0.4, -0.2) is 12.1 Å². The van der Waals surface area contributed by atoms with Gasteiger partial charge in [0.25, 0.3) is 0 Å². The Morgan fingerprint density at radius 1 is 1.38 bits per heavy atom. The highest BCUT2D eigenvalue weighted by atomic mass is 32.2. The summed E-state index contributed by atoms with van der Waals surface area (Å²) in [5, 5.41) is 5.82. The van der Waals surface area contributed by atoms with Gasteiger partial charge in [0.05, 0.1) is 17.4 Å². The van der Waals surface area contributed by atoms with Gasteiger partial charge in [-0.1, -0.05) is 5.16 Å². The van der Waals surface area contributed by atoms with E-state index >= 15 is 0 Å². The molecule has 1 aromatic carbocycles. The fraction of sp³-hybridized carbons (Fsp3) is 0.111. The van der Waals surface area contributed by atoms with E-state index in [1.54, 1.807) is 18.0 Å². The molecule has 4 heteroatoms. The lowest BCUT2D eigenvalue weighted by Crippen LogP contribution is -2.28. The van der Waals surface area contributed by atoms with Gasteiger partial charge in [-0.2, -0.15) is 0 Å². The van der Waals surface area contributed by atoms with Crippen LogP contribution in [0.4, 0.5) is 0 Å². The Bertz CT molecular complexity index is 507. The molecule has 0 fully saturated rings. The number of fused-ring (bicyclic) bond motifs is 3. The van der Waals surface area contributed by atoms with E-state index in [1.807, 2.05) is 18.2 Å². The summed E-state index contributed by atoms with van der Waals surface area (Å²) in [7, 11) is 0. The normalized spacial score (nSPS) is 16.6. The average Bonchev–Trinajstić information content (AvgIpc) is 2.65. The zero-order valence-electron chi connectivity index (χ0n) is 6.73. The predicted molar refractivity (Wildman–Crippen MR) is 51.5 cm³/mol.